The molecule has 0 atom stereocenters. The highest BCUT2D eigenvalue weighted by atomic mass is 32.2. The number of benzene rings is 2. The normalized spacial score (nSPS) is 11.0. The number of hydrogen-bond donors (Lipinski definition) is 1. The zero-order valence-electron chi connectivity index (χ0n) is 16.0. The van der Waals surface area contributed by atoms with E-state index in [1.54, 1.807) is 48.5 Å². The lowest BCUT2D eigenvalue weighted by Gasteiger charge is -2.24. The summed E-state index contributed by atoms with van der Waals surface area (Å²) in [5.41, 5.74) is 1.08. The third-order valence-electron chi connectivity index (χ3n) is 3.78. The molecular weight excluding hydrogens is 384 g/mol. The Morgan fingerprint density at radius 2 is 1.68 bits per heavy atom. The molecule has 2 aromatic rings. The largest absolute Gasteiger partial charge is 0.495 e. The minimum Gasteiger partial charge on any atom is -0.495 e. The van der Waals surface area contributed by atoms with Crippen molar-refractivity contribution in [3.8, 4) is 11.5 Å². The molecule has 0 aliphatic heterocycles. The average Bonchev–Trinajstić information content (AvgIpc) is 2.65. The second-order valence-corrected chi connectivity index (χ2v) is 7.51. The third kappa shape index (κ3) is 6.43. The molecule has 2 amide bonds. The number of rotatable bonds is 9. The van der Waals surface area contributed by atoms with Gasteiger partial charge in [0.2, 0.25) is 0 Å². The summed E-state index contributed by atoms with van der Waals surface area (Å²) in [6, 6.07) is 13.3. The van der Waals surface area contributed by atoms with Crippen LogP contribution in [0.2, 0.25) is 0 Å². The van der Waals surface area contributed by atoms with E-state index in [4.69, 9.17) is 13.7 Å². The molecule has 1 N–H and O–H groups in total. The van der Waals surface area contributed by atoms with Gasteiger partial charge in [0, 0.05) is 19.2 Å². The quantitative estimate of drug-likeness (QED) is 0.641. The lowest BCUT2D eigenvalue weighted by Crippen LogP contribution is -2.37. The summed E-state index contributed by atoms with van der Waals surface area (Å²) < 4.78 is 38.4. The molecule has 8 nitrogen and oxygen atoms in total. The van der Waals surface area contributed by atoms with Crippen LogP contribution in [0.15, 0.2) is 48.5 Å². The van der Waals surface area contributed by atoms with Crippen LogP contribution in [0, 0.1) is 0 Å². The van der Waals surface area contributed by atoms with Gasteiger partial charge in [0.25, 0.3) is 0 Å². The molecule has 2 rings (SSSR count). The molecule has 0 spiro atoms. The second-order valence-electron chi connectivity index (χ2n) is 5.94. The van der Waals surface area contributed by atoms with Gasteiger partial charge >= 0.3 is 16.1 Å². The maximum absolute atomic E-state index is 12.8. The molecule has 0 saturated carbocycles. The van der Waals surface area contributed by atoms with Gasteiger partial charge in [0.1, 0.15) is 11.5 Å². The monoisotopic (exact) mass is 408 g/mol. The Hall–Kier alpha value is -2.78. The van der Waals surface area contributed by atoms with Crippen LogP contribution in [0.5, 0.6) is 11.5 Å². The molecule has 0 heterocycles. The molecule has 0 aromatic heterocycles. The van der Waals surface area contributed by atoms with Crippen LogP contribution in [-0.4, -0.2) is 53.0 Å². The number of ether oxygens (including phenoxy) is 2. The van der Waals surface area contributed by atoms with Crippen LogP contribution >= 0.6 is 0 Å². The predicted molar refractivity (Wildman–Crippen MR) is 106 cm³/mol. The number of carbonyl (C=O) groups is 1. The minimum absolute atomic E-state index is 0.135. The second kappa shape index (κ2) is 9.95. The number of urea groups is 1. The summed E-state index contributed by atoms with van der Waals surface area (Å²) in [5.74, 6) is 0.709. The Morgan fingerprint density at radius 3 is 2.32 bits per heavy atom. The molecule has 0 bridgehead atoms. The SMILES string of the molecule is COCCN(Cc1ccccc1OS(C)(=O)=O)C(=O)Nc1ccccc1OC. The van der Waals surface area contributed by atoms with E-state index in [9.17, 15) is 13.2 Å². The van der Waals surface area contributed by atoms with Gasteiger partial charge in [-0.1, -0.05) is 30.3 Å². The van der Waals surface area contributed by atoms with Gasteiger partial charge in [-0.05, 0) is 18.2 Å². The van der Waals surface area contributed by atoms with Gasteiger partial charge in [-0.15, -0.1) is 0 Å². The molecule has 0 radical (unpaired) electrons. The summed E-state index contributed by atoms with van der Waals surface area (Å²) in [6.07, 6.45) is 0.973. The van der Waals surface area contributed by atoms with Crippen LogP contribution in [0.1, 0.15) is 5.56 Å². The van der Waals surface area contributed by atoms with Crippen molar-refractivity contribution in [2.24, 2.45) is 0 Å². The molecule has 9 heteroatoms. The van der Waals surface area contributed by atoms with Crippen molar-refractivity contribution in [3.05, 3.63) is 54.1 Å². The Morgan fingerprint density at radius 1 is 1.04 bits per heavy atom. The van der Waals surface area contributed by atoms with Crippen molar-refractivity contribution in [1.29, 1.82) is 0 Å². The maximum atomic E-state index is 12.8. The van der Waals surface area contributed by atoms with E-state index in [2.05, 4.69) is 5.32 Å². The van der Waals surface area contributed by atoms with E-state index >= 15 is 0 Å². The Bertz CT molecular complexity index is 901. The molecule has 0 aliphatic carbocycles. The van der Waals surface area contributed by atoms with E-state index in [1.807, 2.05) is 0 Å². The minimum atomic E-state index is -3.69. The first-order chi connectivity index (χ1) is 13.3. The van der Waals surface area contributed by atoms with Crippen molar-refractivity contribution >= 4 is 21.8 Å². The summed E-state index contributed by atoms with van der Waals surface area (Å²) >= 11 is 0. The standard InChI is InChI=1S/C19H24N2O6S/c1-25-13-12-21(19(22)20-16-9-5-7-11-18(16)26-2)14-15-8-4-6-10-17(15)27-28(3,23)24/h4-11H,12-14H2,1-3H3,(H,20,22). The Balaban J connectivity index is 2.23. The van der Waals surface area contributed by atoms with Gasteiger partial charge in [-0.3, -0.25) is 0 Å². The number of methoxy groups -OCH3 is 2. The van der Waals surface area contributed by atoms with Crippen LogP contribution in [-0.2, 0) is 21.4 Å². The van der Waals surface area contributed by atoms with Gasteiger partial charge < -0.3 is 23.9 Å². The number of para-hydroxylation sites is 3. The number of nitrogens with zero attached hydrogens (tertiary/aromatic N) is 1. The molecule has 152 valence electrons. The number of anilines is 1. The predicted octanol–water partition coefficient (Wildman–Crippen LogP) is 2.71. The molecule has 0 saturated heterocycles. The van der Waals surface area contributed by atoms with Gasteiger partial charge in [-0.25, -0.2) is 4.79 Å². The molecule has 0 fully saturated rings. The first-order valence-corrected chi connectivity index (χ1v) is 10.3. The zero-order chi connectivity index (χ0) is 20.6. The lowest BCUT2D eigenvalue weighted by molar-refractivity contribution is 0.152. The Labute approximate surface area is 165 Å². The summed E-state index contributed by atoms with van der Waals surface area (Å²) in [4.78, 5) is 14.3. The van der Waals surface area contributed by atoms with Crippen molar-refractivity contribution < 1.29 is 26.9 Å². The summed E-state index contributed by atoms with van der Waals surface area (Å²) in [5, 5.41) is 2.81. The van der Waals surface area contributed by atoms with E-state index in [0.717, 1.165) is 6.26 Å². The van der Waals surface area contributed by atoms with E-state index < -0.39 is 10.1 Å². The molecule has 0 unspecified atom stereocenters. The lowest BCUT2D eigenvalue weighted by atomic mass is 10.2. The molecule has 2 aromatic carbocycles. The third-order valence-corrected chi connectivity index (χ3v) is 4.26. The Kier molecular flexibility index (Phi) is 7.65. The van der Waals surface area contributed by atoms with Crippen molar-refractivity contribution in [2.75, 3.05) is 38.9 Å². The van der Waals surface area contributed by atoms with Gasteiger partial charge in [-0.2, -0.15) is 8.42 Å². The molecule has 0 aliphatic rings. The molecule has 28 heavy (non-hydrogen) atoms. The van der Waals surface area contributed by atoms with E-state index in [-0.39, 0.29) is 18.3 Å². The fraction of sp³-hybridized carbons (Fsp3) is 0.316. The van der Waals surface area contributed by atoms with Crippen LogP contribution in [0.4, 0.5) is 10.5 Å². The van der Waals surface area contributed by atoms with E-state index in [1.165, 1.54) is 19.1 Å². The van der Waals surface area contributed by atoms with Crippen LogP contribution in [0.25, 0.3) is 0 Å². The zero-order valence-corrected chi connectivity index (χ0v) is 16.9. The van der Waals surface area contributed by atoms with Crippen molar-refractivity contribution in [2.45, 2.75) is 6.54 Å². The fourth-order valence-electron chi connectivity index (χ4n) is 2.48. The number of amides is 2. The van der Waals surface area contributed by atoms with Gasteiger partial charge in [0.05, 0.1) is 32.2 Å². The van der Waals surface area contributed by atoms with Crippen molar-refractivity contribution in [3.63, 3.8) is 0 Å². The smallest absolute Gasteiger partial charge is 0.322 e. The van der Waals surface area contributed by atoms with Crippen LogP contribution < -0.4 is 14.2 Å². The first kappa shape index (κ1) is 21.5. The number of nitrogens with one attached hydrogen (secondary N) is 1. The summed E-state index contributed by atoms with van der Waals surface area (Å²) in [7, 11) is -0.632. The molecular formula is C19H24N2O6S. The van der Waals surface area contributed by atoms with Crippen LogP contribution in [0.3, 0.4) is 0 Å². The number of hydrogen-bond acceptors (Lipinski definition) is 6. The topological polar surface area (TPSA) is 94.2 Å². The van der Waals surface area contributed by atoms with E-state index in [0.29, 0.717) is 30.2 Å². The summed E-state index contributed by atoms with van der Waals surface area (Å²) in [6.45, 7) is 0.745. The maximum Gasteiger partial charge on any atom is 0.322 e. The number of carbonyl (C=O) groups excluding carboxylic acids is 1. The first-order valence-electron chi connectivity index (χ1n) is 8.49. The van der Waals surface area contributed by atoms with Gasteiger partial charge in [0.15, 0.2) is 0 Å². The highest BCUT2D eigenvalue weighted by Crippen LogP contribution is 2.25. The highest BCUT2D eigenvalue weighted by Gasteiger charge is 2.18. The van der Waals surface area contributed by atoms with Crippen molar-refractivity contribution in [1.82, 2.24) is 4.90 Å². The highest BCUT2D eigenvalue weighted by molar-refractivity contribution is 7.86. The fourth-order valence-corrected chi connectivity index (χ4v) is 2.97. The average molecular weight is 408 g/mol.